The van der Waals surface area contributed by atoms with Gasteiger partial charge in [0, 0.05) is 28.9 Å². The molecule has 0 aliphatic carbocycles. The number of nitrogens with zero attached hydrogens (tertiary/aromatic N) is 1. The summed E-state index contributed by atoms with van der Waals surface area (Å²) in [5.74, 6) is -0.141. The number of esters is 1. The molecule has 0 aliphatic heterocycles. The number of halogens is 1. The second-order valence-corrected chi connectivity index (χ2v) is 9.04. The summed E-state index contributed by atoms with van der Waals surface area (Å²) in [5, 5.41) is -0.262. The normalized spacial score (nSPS) is 11.0. The molecule has 0 unspecified atom stereocenters. The minimum Gasteiger partial charge on any atom is -0.466 e. The number of fused-ring (bicyclic) bond motifs is 1. The lowest BCUT2D eigenvalue weighted by atomic mass is 10.1. The lowest BCUT2D eigenvalue weighted by molar-refractivity contribution is -0.143. The molecule has 0 saturated carbocycles. The lowest BCUT2D eigenvalue weighted by Gasteiger charge is -2.11. The first-order chi connectivity index (χ1) is 15.3. The number of carbonyl (C=O) groups is 3. The molecule has 0 saturated heterocycles. The Bertz CT molecular complexity index is 1150. The molecule has 32 heavy (non-hydrogen) atoms. The number of Topliss-reactive ketones (excluding diaryl/α,β-unsaturated/α-hetero) is 1. The van der Waals surface area contributed by atoms with Gasteiger partial charge in [-0.25, -0.2) is 0 Å². The van der Waals surface area contributed by atoms with Crippen molar-refractivity contribution in [2.75, 3.05) is 12.4 Å². The Morgan fingerprint density at radius 1 is 1.09 bits per heavy atom. The summed E-state index contributed by atoms with van der Waals surface area (Å²) in [7, 11) is 0. The third-order valence-electron chi connectivity index (χ3n) is 5.27. The highest BCUT2D eigenvalue weighted by Gasteiger charge is 2.25. The van der Waals surface area contributed by atoms with E-state index in [2.05, 4.69) is 10.6 Å². The van der Waals surface area contributed by atoms with Gasteiger partial charge in [-0.05, 0) is 67.8 Å². The number of benzene rings is 2. The first kappa shape index (κ1) is 24.1. The quantitative estimate of drug-likeness (QED) is 0.0948. The van der Waals surface area contributed by atoms with Crippen molar-refractivity contribution in [2.24, 2.45) is 0 Å². The Morgan fingerprint density at radius 2 is 1.81 bits per heavy atom. The van der Waals surface area contributed by atoms with Gasteiger partial charge in [-0.15, -0.1) is 11.8 Å². The molecule has 5 nitrogen and oxygen atoms in total. The van der Waals surface area contributed by atoms with Crippen molar-refractivity contribution in [3.63, 3.8) is 0 Å². The summed E-state index contributed by atoms with van der Waals surface area (Å²) in [4.78, 5) is 37.0. The third kappa shape index (κ3) is 5.43. The van der Waals surface area contributed by atoms with Crippen molar-refractivity contribution in [2.45, 2.75) is 45.1 Å². The topological polar surface area (TPSA) is 65.4 Å². The van der Waals surface area contributed by atoms with Gasteiger partial charge in [-0.1, -0.05) is 30.3 Å². The molecule has 1 aromatic heterocycles. The van der Waals surface area contributed by atoms with Crippen LogP contribution >= 0.6 is 23.4 Å². The number of hydrogen-bond donors (Lipinski definition) is 0. The highest BCUT2D eigenvalue weighted by molar-refractivity contribution is 7.99. The van der Waals surface area contributed by atoms with Crippen LogP contribution in [0.3, 0.4) is 0 Å². The molecule has 0 aliphatic rings. The number of ketones is 1. The SMILES string of the molecule is CCOC(=O)CCCSc1cc(C)c2c(c1)c(C(=O)C(=O)Cl)c(C)n2Cc1ccccc1. The minimum atomic E-state index is -0.989. The summed E-state index contributed by atoms with van der Waals surface area (Å²) in [6.07, 6.45) is 1.07. The second kappa shape index (κ2) is 10.8. The standard InChI is InChI=1S/C25H26ClNO4S/c1-4-31-21(28)11-8-12-32-19-13-16(2)23-20(14-19)22(24(29)25(26)30)17(3)27(23)15-18-9-6-5-7-10-18/h5-7,9-10,13-14H,4,8,11-12,15H2,1-3H3. The van der Waals surface area contributed by atoms with Gasteiger partial charge in [0.15, 0.2) is 0 Å². The molecule has 1 heterocycles. The molecule has 0 spiro atoms. The summed E-state index contributed by atoms with van der Waals surface area (Å²) >= 11 is 7.21. The van der Waals surface area contributed by atoms with E-state index in [1.54, 1.807) is 18.7 Å². The van der Waals surface area contributed by atoms with Crippen molar-refractivity contribution in [3.8, 4) is 0 Å². The van der Waals surface area contributed by atoms with Gasteiger partial charge in [0.25, 0.3) is 5.24 Å². The van der Waals surface area contributed by atoms with Crippen LogP contribution in [0, 0.1) is 13.8 Å². The van der Waals surface area contributed by atoms with Gasteiger partial charge in [0.05, 0.1) is 17.7 Å². The Labute approximate surface area is 197 Å². The van der Waals surface area contributed by atoms with E-state index in [0.717, 1.165) is 38.4 Å². The highest BCUT2D eigenvalue weighted by Crippen LogP contribution is 2.34. The van der Waals surface area contributed by atoms with Crippen molar-refractivity contribution < 1.29 is 19.1 Å². The molecular weight excluding hydrogens is 446 g/mol. The smallest absolute Gasteiger partial charge is 0.305 e. The molecule has 0 atom stereocenters. The van der Waals surface area contributed by atoms with E-state index in [9.17, 15) is 14.4 Å². The first-order valence-corrected chi connectivity index (χ1v) is 11.9. The molecule has 0 amide bonds. The molecule has 0 radical (unpaired) electrons. The summed E-state index contributed by atoms with van der Waals surface area (Å²) in [6, 6.07) is 14.0. The lowest BCUT2D eigenvalue weighted by Crippen LogP contribution is -2.10. The van der Waals surface area contributed by atoms with Crippen LogP contribution in [0.25, 0.3) is 10.9 Å². The fourth-order valence-corrected chi connectivity index (χ4v) is 4.94. The van der Waals surface area contributed by atoms with E-state index < -0.39 is 11.0 Å². The highest BCUT2D eigenvalue weighted by atomic mass is 35.5. The number of carbonyl (C=O) groups excluding carboxylic acids is 3. The second-order valence-electron chi connectivity index (χ2n) is 7.53. The van der Waals surface area contributed by atoms with E-state index >= 15 is 0 Å². The van der Waals surface area contributed by atoms with Crippen molar-refractivity contribution in [1.82, 2.24) is 4.57 Å². The third-order valence-corrected chi connectivity index (χ3v) is 6.50. The maximum absolute atomic E-state index is 12.7. The average molecular weight is 472 g/mol. The minimum absolute atomic E-state index is 0.193. The van der Waals surface area contributed by atoms with E-state index in [4.69, 9.17) is 16.3 Å². The van der Waals surface area contributed by atoms with Gasteiger partial charge in [0.1, 0.15) is 0 Å². The Morgan fingerprint density at radius 3 is 2.47 bits per heavy atom. The van der Waals surface area contributed by atoms with Crippen LogP contribution in [0.1, 0.15) is 46.9 Å². The summed E-state index contributed by atoms with van der Waals surface area (Å²) in [6.45, 7) is 6.61. The fraction of sp³-hybridized carbons (Fsp3) is 0.320. The average Bonchev–Trinajstić information content (AvgIpc) is 3.03. The maximum atomic E-state index is 12.7. The monoisotopic (exact) mass is 471 g/mol. The number of hydrogen-bond acceptors (Lipinski definition) is 5. The molecule has 3 rings (SSSR count). The predicted octanol–water partition coefficient (Wildman–Crippen LogP) is 5.69. The molecule has 0 N–H and O–H groups in total. The Balaban J connectivity index is 1.97. The molecule has 0 fully saturated rings. The van der Waals surface area contributed by atoms with Crippen LogP contribution in [0.15, 0.2) is 47.4 Å². The van der Waals surface area contributed by atoms with E-state index in [-0.39, 0.29) is 5.97 Å². The number of ether oxygens (including phenoxy) is 1. The van der Waals surface area contributed by atoms with Crippen LogP contribution in [-0.2, 0) is 20.9 Å². The van der Waals surface area contributed by atoms with Gasteiger partial charge in [-0.2, -0.15) is 0 Å². The van der Waals surface area contributed by atoms with Crippen molar-refractivity contribution >= 4 is 51.3 Å². The summed E-state index contributed by atoms with van der Waals surface area (Å²) < 4.78 is 7.04. The van der Waals surface area contributed by atoms with Crippen LogP contribution in [0.5, 0.6) is 0 Å². The Hall–Kier alpha value is -2.57. The van der Waals surface area contributed by atoms with Gasteiger partial charge in [-0.3, -0.25) is 14.4 Å². The van der Waals surface area contributed by atoms with Gasteiger partial charge >= 0.3 is 5.97 Å². The molecule has 168 valence electrons. The van der Waals surface area contributed by atoms with E-state index in [1.165, 1.54) is 0 Å². The maximum Gasteiger partial charge on any atom is 0.305 e. The van der Waals surface area contributed by atoms with Gasteiger partial charge < -0.3 is 9.30 Å². The van der Waals surface area contributed by atoms with Crippen LogP contribution in [0.2, 0.25) is 0 Å². The van der Waals surface area contributed by atoms with Crippen LogP contribution in [0.4, 0.5) is 0 Å². The molecule has 0 bridgehead atoms. The van der Waals surface area contributed by atoms with Crippen molar-refractivity contribution in [1.29, 1.82) is 0 Å². The number of aryl methyl sites for hydroxylation is 1. The molecule has 2 aromatic carbocycles. The van der Waals surface area contributed by atoms with Gasteiger partial charge in [0.2, 0.25) is 5.78 Å². The number of thioether (sulfide) groups is 1. The largest absolute Gasteiger partial charge is 0.466 e. The van der Waals surface area contributed by atoms with Crippen LogP contribution < -0.4 is 0 Å². The van der Waals surface area contributed by atoms with Crippen LogP contribution in [-0.4, -0.2) is 33.9 Å². The summed E-state index contributed by atoms with van der Waals surface area (Å²) in [5.41, 5.74) is 4.10. The first-order valence-electron chi connectivity index (χ1n) is 10.5. The zero-order valence-electron chi connectivity index (χ0n) is 18.4. The fourth-order valence-electron chi connectivity index (χ4n) is 3.86. The molecular formula is C25H26ClNO4S. The zero-order valence-corrected chi connectivity index (χ0v) is 20.0. The Kier molecular flexibility index (Phi) is 8.15. The van der Waals surface area contributed by atoms with Crippen molar-refractivity contribution in [3.05, 3.63) is 64.8 Å². The van der Waals surface area contributed by atoms with E-state index in [0.29, 0.717) is 31.6 Å². The number of rotatable bonds is 10. The zero-order chi connectivity index (χ0) is 23.3. The van der Waals surface area contributed by atoms with E-state index in [1.807, 2.05) is 50.2 Å². The molecule has 7 heteroatoms. The molecule has 3 aromatic rings. The predicted molar refractivity (Wildman–Crippen MR) is 129 cm³/mol. The number of aromatic nitrogens is 1.